The van der Waals surface area contributed by atoms with Crippen LogP contribution in [-0.2, 0) is 0 Å². The Morgan fingerprint density at radius 3 is 2.90 bits per heavy atom. The zero-order chi connectivity index (χ0) is 7.40. The van der Waals surface area contributed by atoms with Gasteiger partial charge in [0.25, 0.3) is 0 Å². The maximum absolute atomic E-state index is 5.43. The molecule has 1 saturated heterocycles. The molecule has 1 aliphatic heterocycles. The molecule has 0 bridgehead atoms. The van der Waals surface area contributed by atoms with Crippen LogP contribution in [0, 0.1) is 0 Å². The molecule has 2 heteroatoms. The van der Waals surface area contributed by atoms with Gasteiger partial charge in [0.1, 0.15) is 0 Å². The lowest BCUT2D eigenvalue weighted by Gasteiger charge is -2.18. The van der Waals surface area contributed by atoms with Gasteiger partial charge in [0.05, 0.1) is 0 Å². The van der Waals surface area contributed by atoms with Crippen molar-refractivity contribution in [1.82, 2.24) is 4.90 Å². The molecule has 1 fully saturated rings. The first-order chi connectivity index (χ1) is 4.84. The Bertz CT molecular complexity index is 93.3. The molecule has 0 aromatic rings. The molecule has 10 heavy (non-hydrogen) atoms. The molecule has 0 unspecified atom stereocenters. The van der Waals surface area contributed by atoms with E-state index < -0.39 is 0 Å². The van der Waals surface area contributed by atoms with Gasteiger partial charge in [-0.2, -0.15) is 0 Å². The molecule has 0 amide bonds. The van der Waals surface area contributed by atoms with Gasteiger partial charge in [-0.3, -0.25) is 0 Å². The number of rotatable bonds is 3. The number of hydrogen-bond acceptors (Lipinski definition) is 2. The number of likely N-dealkylation sites (tertiary alicyclic amines) is 1. The average Bonchev–Trinajstić information content (AvgIpc) is 2.31. The Kier molecular flexibility index (Phi) is 3.16. The Labute approximate surface area is 63.4 Å². The van der Waals surface area contributed by atoms with Crippen molar-refractivity contribution in [3.8, 4) is 0 Å². The van der Waals surface area contributed by atoms with E-state index in [0.717, 1.165) is 12.6 Å². The van der Waals surface area contributed by atoms with Crippen LogP contribution in [0.5, 0.6) is 0 Å². The monoisotopic (exact) mass is 142 g/mol. The van der Waals surface area contributed by atoms with Crippen molar-refractivity contribution in [1.29, 1.82) is 0 Å². The summed E-state index contributed by atoms with van der Waals surface area (Å²) >= 11 is 0. The predicted octanol–water partition coefficient (Wildman–Crippen LogP) is 0.819. The maximum Gasteiger partial charge on any atom is 0.00931 e. The molecule has 0 aromatic carbocycles. The second-order valence-corrected chi connectivity index (χ2v) is 3.21. The van der Waals surface area contributed by atoms with Crippen molar-refractivity contribution in [2.45, 2.75) is 31.7 Å². The van der Waals surface area contributed by atoms with E-state index in [1.165, 1.54) is 32.2 Å². The first-order valence-electron chi connectivity index (χ1n) is 4.25. The van der Waals surface area contributed by atoms with E-state index in [4.69, 9.17) is 5.73 Å². The summed E-state index contributed by atoms with van der Waals surface area (Å²) in [7, 11) is 2.22. The lowest BCUT2D eigenvalue weighted by Crippen LogP contribution is -2.25. The van der Waals surface area contributed by atoms with Crippen LogP contribution in [0.3, 0.4) is 0 Å². The molecule has 1 atom stereocenters. The molecule has 0 saturated carbocycles. The smallest absolute Gasteiger partial charge is 0.00931 e. The van der Waals surface area contributed by atoms with Crippen LogP contribution in [0.25, 0.3) is 0 Å². The third-order valence-corrected chi connectivity index (χ3v) is 2.41. The van der Waals surface area contributed by atoms with Crippen molar-refractivity contribution in [2.24, 2.45) is 5.73 Å². The highest BCUT2D eigenvalue weighted by Gasteiger charge is 2.19. The summed E-state index contributed by atoms with van der Waals surface area (Å²) in [4.78, 5) is 2.45. The van der Waals surface area contributed by atoms with Crippen LogP contribution in [0.1, 0.15) is 25.7 Å². The molecule has 1 heterocycles. The van der Waals surface area contributed by atoms with E-state index >= 15 is 0 Å². The normalized spacial score (nSPS) is 27.6. The summed E-state index contributed by atoms with van der Waals surface area (Å²) in [6.45, 7) is 2.14. The zero-order valence-electron chi connectivity index (χ0n) is 6.84. The third kappa shape index (κ3) is 1.96. The van der Waals surface area contributed by atoms with Gasteiger partial charge in [-0.25, -0.2) is 0 Å². The topological polar surface area (TPSA) is 29.3 Å². The second kappa shape index (κ2) is 3.94. The van der Waals surface area contributed by atoms with Gasteiger partial charge in [0.15, 0.2) is 0 Å². The predicted molar refractivity (Wildman–Crippen MR) is 43.9 cm³/mol. The fraction of sp³-hybridized carbons (Fsp3) is 1.00. The van der Waals surface area contributed by atoms with Gasteiger partial charge >= 0.3 is 0 Å². The molecule has 60 valence electrons. The van der Waals surface area contributed by atoms with Gasteiger partial charge in [0, 0.05) is 6.04 Å². The van der Waals surface area contributed by atoms with Gasteiger partial charge < -0.3 is 10.6 Å². The first-order valence-corrected chi connectivity index (χ1v) is 4.25. The SMILES string of the molecule is CN1CCC[C@H]1CCCN. The third-order valence-electron chi connectivity index (χ3n) is 2.41. The van der Waals surface area contributed by atoms with E-state index in [-0.39, 0.29) is 0 Å². The number of hydrogen-bond donors (Lipinski definition) is 1. The maximum atomic E-state index is 5.43. The van der Waals surface area contributed by atoms with Crippen molar-refractivity contribution < 1.29 is 0 Å². The standard InChI is InChI=1S/C8H18N2/c1-10-7-3-5-8(10)4-2-6-9/h8H,2-7,9H2,1H3/t8-/m1/s1. The van der Waals surface area contributed by atoms with Crippen molar-refractivity contribution >= 4 is 0 Å². The minimum absolute atomic E-state index is 0.837. The van der Waals surface area contributed by atoms with Crippen LogP contribution < -0.4 is 5.73 Å². The molecular formula is C8H18N2. The largest absolute Gasteiger partial charge is 0.330 e. The quantitative estimate of drug-likeness (QED) is 0.632. The van der Waals surface area contributed by atoms with Gasteiger partial charge in [-0.1, -0.05) is 0 Å². The van der Waals surface area contributed by atoms with E-state index in [1.54, 1.807) is 0 Å². The molecule has 2 nitrogen and oxygen atoms in total. The summed E-state index contributed by atoms with van der Waals surface area (Å²) in [5.74, 6) is 0. The highest BCUT2D eigenvalue weighted by molar-refractivity contribution is 4.75. The molecule has 0 aliphatic carbocycles. The molecule has 1 rings (SSSR count). The van der Waals surface area contributed by atoms with Crippen molar-refractivity contribution in [2.75, 3.05) is 20.1 Å². The summed E-state index contributed by atoms with van der Waals surface area (Å²) in [6.07, 6.45) is 5.25. The average molecular weight is 142 g/mol. The highest BCUT2D eigenvalue weighted by atomic mass is 15.1. The van der Waals surface area contributed by atoms with Crippen LogP contribution in [0.15, 0.2) is 0 Å². The lowest BCUT2D eigenvalue weighted by molar-refractivity contribution is 0.293. The van der Waals surface area contributed by atoms with E-state index in [2.05, 4.69) is 11.9 Å². The van der Waals surface area contributed by atoms with Crippen LogP contribution in [0.4, 0.5) is 0 Å². The minimum atomic E-state index is 0.837. The first kappa shape index (κ1) is 8.02. The fourth-order valence-electron chi connectivity index (χ4n) is 1.70. The van der Waals surface area contributed by atoms with Gasteiger partial charge in [-0.15, -0.1) is 0 Å². The Morgan fingerprint density at radius 2 is 2.40 bits per heavy atom. The Balaban J connectivity index is 2.14. The lowest BCUT2D eigenvalue weighted by atomic mass is 10.1. The van der Waals surface area contributed by atoms with Crippen molar-refractivity contribution in [3.63, 3.8) is 0 Å². The molecule has 0 aromatic heterocycles. The summed E-state index contributed by atoms with van der Waals surface area (Å²) in [5.41, 5.74) is 5.43. The van der Waals surface area contributed by atoms with Crippen LogP contribution >= 0.6 is 0 Å². The minimum Gasteiger partial charge on any atom is -0.330 e. The highest BCUT2D eigenvalue weighted by Crippen LogP contribution is 2.18. The number of nitrogens with two attached hydrogens (primary N) is 1. The van der Waals surface area contributed by atoms with E-state index in [9.17, 15) is 0 Å². The van der Waals surface area contributed by atoms with Crippen LogP contribution in [0.2, 0.25) is 0 Å². The van der Waals surface area contributed by atoms with Crippen LogP contribution in [-0.4, -0.2) is 31.1 Å². The molecule has 2 N–H and O–H groups in total. The summed E-state index contributed by atoms with van der Waals surface area (Å²) in [6, 6.07) is 0.837. The molecule has 1 aliphatic rings. The van der Waals surface area contributed by atoms with E-state index in [1.807, 2.05) is 0 Å². The summed E-state index contributed by atoms with van der Waals surface area (Å²) < 4.78 is 0. The zero-order valence-corrected chi connectivity index (χ0v) is 6.84. The Morgan fingerprint density at radius 1 is 1.60 bits per heavy atom. The number of nitrogens with zero attached hydrogens (tertiary/aromatic N) is 1. The molecule has 0 radical (unpaired) electrons. The second-order valence-electron chi connectivity index (χ2n) is 3.21. The van der Waals surface area contributed by atoms with Gasteiger partial charge in [-0.05, 0) is 45.8 Å². The molecule has 0 spiro atoms. The van der Waals surface area contributed by atoms with Gasteiger partial charge in [0.2, 0.25) is 0 Å². The fourth-order valence-corrected chi connectivity index (χ4v) is 1.70. The summed E-state index contributed by atoms with van der Waals surface area (Å²) in [5, 5.41) is 0. The van der Waals surface area contributed by atoms with Crippen molar-refractivity contribution in [3.05, 3.63) is 0 Å². The van der Waals surface area contributed by atoms with E-state index in [0.29, 0.717) is 0 Å². The molecular weight excluding hydrogens is 124 g/mol. The Hall–Kier alpha value is -0.0800.